The first-order chi connectivity index (χ1) is 22.0. The Hall–Kier alpha value is -1.47. The van der Waals surface area contributed by atoms with E-state index < -0.39 is 17.2 Å². The Labute approximate surface area is 283 Å². The van der Waals surface area contributed by atoms with E-state index in [1.54, 1.807) is 7.11 Å². The zero-order chi connectivity index (χ0) is 33.9. The average molecular weight is 651 g/mol. The summed E-state index contributed by atoms with van der Waals surface area (Å²) in [4.78, 5) is 12.6. The van der Waals surface area contributed by atoms with Crippen molar-refractivity contribution in [3.05, 3.63) is 35.4 Å². The number of ether oxygens (including phenoxy) is 2. The van der Waals surface area contributed by atoms with Crippen molar-refractivity contribution in [1.82, 2.24) is 0 Å². The minimum absolute atomic E-state index is 0.0413. The van der Waals surface area contributed by atoms with E-state index in [9.17, 15) is 20.1 Å². The van der Waals surface area contributed by atoms with Gasteiger partial charge in [0.2, 0.25) is 0 Å². The maximum Gasteiger partial charge on any atom is 0.309 e. The summed E-state index contributed by atoms with van der Waals surface area (Å²) in [6, 6.07) is 8.83. The Morgan fingerprint density at radius 3 is 2.13 bits per heavy atom. The van der Waals surface area contributed by atoms with Crippen molar-refractivity contribution in [2.45, 2.75) is 137 Å². The molecule has 6 aliphatic rings. The fraction of sp³-hybridized carbons (Fsp3) is 0.829. The van der Waals surface area contributed by atoms with Crippen LogP contribution in [0, 0.1) is 55.7 Å². The molecule has 3 N–H and O–H groups in total. The van der Waals surface area contributed by atoms with Crippen LogP contribution in [0.25, 0.3) is 0 Å². The molecule has 0 radical (unpaired) electrons. The van der Waals surface area contributed by atoms with Gasteiger partial charge in [0.1, 0.15) is 0 Å². The molecule has 1 spiro atoms. The van der Waals surface area contributed by atoms with Gasteiger partial charge in [0, 0.05) is 36.9 Å². The third-order valence-electron chi connectivity index (χ3n) is 17.7. The molecule has 5 saturated carbocycles. The van der Waals surface area contributed by atoms with Crippen molar-refractivity contribution in [3.8, 4) is 0 Å². The topological polar surface area (TPSA) is 96.2 Å². The lowest BCUT2D eigenvalue weighted by atomic mass is 9.26. The number of hydrogen-bond acceptors (Lipinski definition) is 5. The van der Waals surface area contributed by atoms with Gasteiger partial charge in [-0.05, 0) is 129 Å². The molecule has 0 unspecified atom stereocenters. The quantitative estimate of drug-likeness (QED) is 0.279. The van der Waals surface area contributed by atoms with Crippen LogP contribution in [0.1, 0.15) is 123 Å². The average Bonchev–Trinajstić information content (AvgIpc) is 3.16. The number of methoxy groups -OCH3 is 1. The van der Waals surface area contributed by atoms with Crippen LogP contribution in [0.2, 0.25) is 0 Å². The first-order valence-electron chi connectivity index (χ1n) is 18.8. The number of aliphatic hydroxyl groups excluding tert-OH is 1. The Morgan fingerprint density at radius 2 is 1.47 bits per heavy atom. The number of aliphatic carboxylic acids is 1. The van der Waals surface area contributed by atoms with Gasteiger partial charge in [-0.1, -0.05) is 58.9 Å². The van der Waals surface area contributed by atoms with E-state index in [1.165, 1.54) is 17.5 Å². The van der Waals surface area contributed by atoms with Gasteiger partial charge in [0.15, 0.2) is 5.79 Å². The second-order valence-electron chi connectivity index (χ2n) is 18.8. The minimum Gasteiger partial charge on any atom is -0.481 e. The van der Waals surface area contributed by atoms with Crippen LogP contribution >= 0.6 is 0 Å². The minimum atomic E-state index is -1.16. The highest BCUT2D eigenvalue weighted by Gasteiger charge is 2.81. The Kier molecular flexibility index (Phi) is 7.79. The van der Waals surface area contributed by atoms with E-state index in [2.05, 4.69) is 58.9 Å². The normalized spacial score (nSPS) is 51.8. The summed E-state index contributed by atoms with van der Waals surface area (Å²) in [5, 5.41) is 34.3. The number of aliphatic hydroxyl groups is 2. The highest BCUT2D eigenvalue weighted by atomic mass is 16.6. The lowest BCUT2D eigenvalue weighted by Crippen LogP contribution is -2.73. The SMILES string of the molecule is COCCc1ccc(C[C@@H]2O[C@@]3(O)CC[C@]4(CO)[C@]2(CC[C@H]2[C@]5(C)CC[C@]6(C)CC[C@@](C)(C(=O)O)C[C@H]6[C@]5(C)CC[C@]24C)[C@@H]3C)cc1. The van der Waals surface area contributed by atoms with Crippen LogP contribution in [0.4, 0.5) is 0 Å². The van der Waals surface area contributed by atoms with Gasteiger partial charge >= 0.3 is 5.97 Å². The number of benzene rings is 1. The lowest BCUT2D eigenvalue weighted by Gasteiger charge is -2.77. The summed E-state index contributed by atoms with van der Waals surface area (Å²) in [5.41, 5.74) is 1.30. The molecule has 6 heteroatoms. The van der Waals surface area contributed by atoms with Gasteiger partial charge in [-0.25, -0.2) is 0 Å². The third kappa shape index (κ3) is 4.20. The monoisotopic (exact) mass is 650 g/mol. The molecule has 0 aromatic heterocycles. The maximum absolute atomic E-state index is 12.6. The predicted octanol–water partition coefficient (Wildman–Crippen LogP) is 7.81. The molecule has 1 saturated heterocycles. The summed E-state index contributed by atoms with van der Waals surface area (Å²) in [6.45, 7) is 15.1. The molecule has 262 valence electrons. The molecule has 6 fully saturated rings. The van der Waals surface area contributed by atoms with Crippen molar-refractivity contribution < 1.29 is 29.6 Å². The van der Waals surface area contributed by atoms with Crippen LogP contribution in [0.15, 0.2) is 24.3 Å². The molecular weight excluding hydrogens is 588 g/mol. The molecule has 12 atom stereocenters. The Morgan fingerprint density at radius 1 is 0.851 bits per heavy atom. The molecule has 5 aliphatic carbocycles. The Bertz CT molecular complexity index is 1390. The highest BCUT2D eigenvalue weighted by Crippen LogP contribution is 2.83. The molecule has 47 heavy (non-hydrogen) atoms. The molecule has 0 amide bonds. The molecular formula is C41H62O6. The molecule has 1 aliphatic heterocycles. The zero-order valence-electron chi connectivity index (χ0n) is 30.3. The largest absolute Gasteiger partial charge is 0.481 e. The fourth-order valence-corrected chi connectivity index (χ4v) is 14.4. The first kappa shape index (κ1) is 34.0. The summed E-state index contributed by atoms with van der Waals surface area (Å²) in [5.74, 6) is -1.05. The summed E-state index contributed by atoms with van der Waals surface area (Å²) >= 11 is 0. The van der Waals surface area contributed by atoms with Gasteiger partial charge in [0.25, 0.3) is 0 Å². The van der Waals surface area contributed by atoms with Crippen LogP contribution in [0.3, 0.4) is 0 Å². The molecule has 1 heterocycles. The second kappa shape index (κ2) is 10.8. The first-order valence-corrected chi connectivity index (χ1v) is 18.8. The molecule has 1 aromatic carbocycles. The molecule has 6 nitrogen and oxygen atoms in total. The van der Waals surface area contributed by atoms with Gasteiger partial charge in [-0.15, -0.1) is 0 Å². The van der Waals surface area contributed by atoms with E-state index in [-0.39, 0.29) is 51.1 Å². The van der Waals surface area contributed by atoms with E-state index in [0.717, 1.165) is 70.6 Å². The van der Waals surface area contributed by atoms with E-state index in [0.29, 0.717) is 24.9 Å². The number of carboxylic acid groups (broad SMARTS) is 1. The number of fused-ring (bicyclic) bond motifs is 7. The fourth-order valence-electron chi connectivity index (χ4n) is 14.4. The number of carbonyl (C=O) groups is 1. The summed E-state index contributed by atoms with van der Waals surface area (Å²) in [6.07, 6.45) is 11.8. The van der Waals surface area contributed by atoms with Crippen LogP contribution in [0.5, 0.6) is 0 Å². The summed E-state index contributed by atoms with van der Waals surface area (Å²) < 4.78 is 12.1. The summed E-state index contributed by atoms with van der Waals surface area (Å²) in [7, 11) is 1.74. The van der Waals surface area contributed by atoms with E-state index >= 15 is 0 Å². The van der Waals surface area contributed by atoms with Gasteiger partial charge in [-0.3, -0.25) is 4.79 Å². The van der Waals surface area contributed by atoms with Gasteiger partial charge in [-0.2, -0.15) is 0 Å². The number of carboxylic acids is 1. The number of hydrogen-bond donors (Lipinski definition) is 3. The van der Waals surface area contributed by atoms with Gasteiger partial charge < -0.3 is 24.8 Å². The van der Waals surface area contributed by atoms with Crippen molar-refractivity contribution in [1.29, 1.82) is 0 Å². The highest BCUT2D eigenvalue weighted by molar-refractivity contribution is 5.74. The van der Waals surface area contributed by atoms with E-state index in [4.69, 9.17) is 9.47 Å². The number of rotatable bonds is 7. The van der Waals surface area contributed by atoms with Crippen LogP contribution < -0.4 is 0 Å². The van der Waals surface area contributed by atoms with E-state index in [1.807, 2.05) is 6.92 Å². The molecule has 2 bridgehead atoms. The van der Waals surface area contributed by atoms with Crippen molar-refractivity contribution in [2.75, 3.05) is 20.3 Å². The predicted molar refractivity (Wildman–Crippen MR) is 183 cm³/mol. The smallest absolute Gasteiger partial charge is 0.309 e. The van der Waals surface area contributed by atoms with Crippen molar-refractivity contribution in [3.63, 3.8) is 0 Å². The van der Waals surface area contributed by atoms with Crippen LogP contribution in [-0.2, 0) is 27.1 Å². The Balaban J connectivity index is 1.27. The second-order valence-corrected chi connectivity index (χ2v) is 18.8. The maximum atomic E-state index is 12.6. The van der Waals surface area contributed by atoms with Crippen molar-refractivity contribution in [2.24, 2.45) is 55.7 Å². The molecule has 7 rings (SSSR count). The zero-order valence-corrected chi connectivity index (χ0v) is 30.3. The lowest BCUT2D eigenvalue weighted by molar-refractivity contribution is -0.307. The van der Waals surface area contributed by atoms with Crippen LogP contribution in [-0.4, -0.2) is 53.5 Å². The standard InChI is InChI=1S/C41H62O6/c1-27-40-14-12-30-36(4)18-17-34(2)15-16-35(3,33(43)44)25-31(34)37(36,5)19-20-38(30,6)39(40,26-42)21-22-41(27,45)47-32(40)24-29-10-8-28(9-11-29)13-23-46-7/h8-11,27,30-32,42,45H,12-26H2,1-7H3,(H,43,44)/t27-,30-,31+,32-,34-,35+,36-,37-,38+,39+,40+,41-/m0/s1. The van der Waals surface area contributed by atoms with Gasteiger partial charge in [0.05, 0.1) is 18.1 Å². The third-order valence-corrected chi connectivity index (χ3v) is 17.7. The van der Waals surface area contributed by atoms with Crippen molar-refractivity contribution >= 4 is 5.97 Å². The molecule has 1 aromatic rings.